The lowest BCUT2D eigenvalue weighted by Crippen LogP contribution is -2.18. The Balaban J connectivity index is 2.07. The van der Waals surface area contributed by atoms with Crippen LogP contribution in [0.4, 0.5) is 5.69 Å². The maximum absolute atomic E-state index is 12.2. The van der Waals surface area contributed by atoms with Crippen LogP contribution in [-0.4, -0.2) is 18.9 Å². The largest absolute Gasteiger partial charge is 0.355 e. The van der Waals surface area contributed by atoms with Gasteiger partial charge in [-0.15, -0.1) is 0 Å². The highest BCUT2D eigenvalue weighted by Crippen LogP contribution is 2.38. The van der Waals surface area contributed by atoms with Crippen LogP contribution in [0.15, 0.2) is 52.3 Å². The quantitative estimate of drug-likeness (QED) is 0.846. The molecular formula is C15H12N2O2S. The molecule has 0 saturated heterocycles. The third-order valence-corrected chi connectivity index (χ3v) is 4.22. The van der Waals surface area contributed by atoms with Gasteiger partial charge < -0.3 is 10.6 Å². The van der Waals surface area contributed by atoms with Crippen LogP contribution in [0.3, 0.4) is 0 Å². The lowest BCUT2D eigenvalue weighted by atomic mass is 10.1. The van der Waals surface area contributed by atoms with Crippen LogP contribution in [0, 0.1) is 0 Å². The van der Waals surface area contributed by atoms with E-state index < -0.39 is 0 Å². The molecule has 0 atom stereocenters. The average Bonchev–Trinajstić information content (AvgIpc) is 2.62. The van der Waals surface area contributed by atoms with Gasteiger partial charge in [-0.1, -0.05) is 23.9 Å². The summed E-state index contributed by atoms with van der Waals surface area (Å²) in [6, 6.07) is 12.8. The van der Waals surface area contributed by atoms with Crippen molar-refractivity contribution in [1.82, 2.24) is 5.32 Å². The number of nitrogens with one attached hydrogen (secondary N) is 2. The molecule has 5 heteroatoms. The third-order valence-electron chi connectivity index (χ3n) is 3.07. The maximum atomic E-state index is 12.2. The summed E-state index contributed by atoms with van der Waals surface area (Å²) in [7, 11) is 1.58. The number of amides is 2. The highest BCUT2D eigenvalue weighted by atomic mass is 32.2. The van der Waals surface area contributed by atoms with E-state index in [1.165, 1.54) is 11.8 Å². The molecule has 0 unspecified atom stereocenters. The van der Waals surface area contributed by atoms with Gasteiger partial charge in [0.05, 0.1) is 11.3 Å². The summed E-state index contributed by atoms with van der Waals surface area (Å²) in [5.41, 5.74) is 1.84. The maximum Gasteiger partial charge on any atom is 0.256 e. The van der Waals surface area contributed by atoms with Gasteiger partial charge in [0.2, 0.25) is 0 Å². The standard InChI is InChI=1S/C15H12N2O2S/c1-16-14(18)9-6-7-13-11(8-9)17-15(19)10-4-2-3-5-12(10)20-13/h2-8H,1H3,(H,16,18)(H,17,19). The lowest BCUT2D eigenvalue weighted by Gasteiger charge is -2.08. The number of fused-ring (bicyclic) bond motifs is 2. The Bertz CT molecular complexity index is 713. The summed E-state index contributed by atoms with van der Waals surface area (Å²) in [6.45, 7) is 0. The monoisotopic (exact) mass is 284 g/mol. The molecule has 2 aromatic carbocycles. The van der Waals surface area contributed by atoms with Crippen LogP contribution in [0.25, 0.3) is 0 Å². The molecule has 20 heavy (non-hydrogen) atoms. The molecule has 0 saturated carbocycles. The molecule has 0 aromatic heterocycles. The number of hydrogen-bond donors (Lipinski definition) is 2. The van der Waals surface area contributed by atoms with E-state index in [9.17, 15) is 9.59 Å². The SMILES string of the molecule is CNC(=O)c1ccc2c(c1)NC(=O)c1ccccc1S2. The minimum atomic E-state index is -0.172. The Labute approximate surface area is 120 Å². The molecule has 0 radical (unpaired) electrons. The second kappa shape index (κ2) is 5.02. The number of benzene rings is 2. The summed E-state index contributed by atoms with van der Waals surface area (Å²) in [4.78, 5) is 25.7. The topological polar surface area (TPSA) is 58.2 Å². The van der Waals surface area contributed by atoms with Crippen LogP contribution in [0.5, 0.6) is 0 Å². The fourth-order valence-electron chi connectivity index (χ4n) is 2.05. The number of carbonyl (C=O) groups excluding carboxylic acids is 2. The predicted molar refractivity (Wildman–Crippen MR) is 78.4 cm³/mol. The Kier molecular flexibility index (Phi) is 3.20. The van der Waals surface area contributed by atoms with E-state index in [0.29, 0.717) is 16.8 Å². The number of hydrogen-bond acceptors (Lipinski definition) is 3. The van der Waals surface area contributed by atoms with Gasteiger partial charge in [-0.05, 0) is 30.3 Å². The minimum absolute atomic E-state index is 0.152. The second-order valence-corrected chi connectivity index (χ2v) is 5.43. The second-order valence-electron chi connectivity index (χ2n) is 4.34. The molecular weight excluding hydrogens is 272 g/mol. The first-order chi connectivity index (χ1) is 9.69. The minimum Gasteiger partial charge on any atom is -0.355 e. The van der Waals surface area contributed by atoms with Gasteiger partial charge in [-0.25, -0.2) is 0 Å². The van der Waals surface area contributed by atoms with Crippen LogP contribution >= 0.6 is 11.8 Å². The fourth-order valence-corrected chi connectivity index (χ4v) is 3.06. The summed E-state index contributed by atoms with van der Waals surface area (Å²) in [5, 5.41) is 5.43. The first-order valence-corrected chi connectivity index (χ1v) is 6.95. The molecule has 0 bridgehead atoms. The van der Waals surface area contributed by atoms with Gasteiger partial charge in [0.15, 0.2) is 0 Å². The van der Waals surface area contributed by atoms with Crippen molar-refractivity contribution in [2.75, 3.05) is 12.4 Å². The normalized spacial score (nSPS) is 12.8. The van der Waals surface area contributed by atoms with E-state index in [2.05, 4.69) is 10.6 Å². The van der Waals surface area contributed by atoms with Crippen LogP contribution in [-0.2, 0) is 0 Å². The van der Waals surface area contributed by atoms with Crippen molar-refractivity contribution in [3.63, 3.8) is 0 Å². The van der Waals surface area contributed by atoms with E-state index >= 15 is 0 Å². The molecule has 0 spiro atoms. The molecule has 4 nitrogen and oxygen atoms in total. The van der Waals surface area contributed by atoms with Crippen molar-refractivity contribution in [2.24, 2.45) is 0 Å². The zero-order valence-electron chi connectivity index (χ0n) is 10.8. The van der Waals surface area contributed by atoms with Gasteiger partial charge in [-0.2, -0.15) is 0 Å². The molecule has 2 aromatic rings. The fraction of sp³-hybridized carbons (Fsp3) is 0.0667. The molecule has 0 aliphatic carbocycles. The van der Waals surface area contributed by atoms with E-state index in [-0.39, 0.29) is 11.8 Å². The number of carbonyl (C=O) groups is 2. The summed E-state index contributed by atoms with van der Waals surface area (Å²) < 4.78 is 0. The first kappa shape index (κ1) is 12.7. The smallest absolute Gasteiger partial charge is 0.256 e. The van der Waals surface area contributed by atoms with E-state index in [1.807, 2.05) is 24.3 Å². The van der Waals surface area contributed by atoms with Crippen LogP contribution < -0.4 is 10.6 Å². The van der Waals surface area contributed by atoms with Gasteiger partial charge in [0.1, 0.15) is 0 Å². The zero-order chi connectivity index (χ0) is 14.1. The van der Waals surface area contributed by atoms with Crippen LogP contribution in [0.2, 0.25) is 0 Å². The van der Waals surface area contributed by atoms with Gasteiger partial charge in [-0.3, -0.25) is 9.59 Å². The van der Waals surface area contributed by atoms with Crippen molar-refractivity contribution >= 4 is 29.3 Å². The van der Waals surface area contributed by atoms with Gasteiger partial charge >= 0.3 is 0 Å². The van der Waals surface area contributed by atoms with Crippen molar-refractivity contribution in [3.8, 4) is 0 Å². The summed E-state index contributed by atoms with van der Waals surface area (Å²) in [5.74, 6) is -0.324. The molecule has 2 amide bonds. The molecule has 2 N–H and O–H groups in total. The van der Waals surface area contributed by atoms with Crippen molar-refractivity contribution in [3.05, 3.63) is 53.6 Å². The third kappa shape index (κ3) is 2.16. The number of anilines is 1. The Morgan fingerprint density at radius 2 is 1.95 bits per heavy atom. The Hall–Kier alpha value is -2.27. The Morgan fingerprint density at radius 3 is 2.75 bits per heavy atom. The highest BCUT2D eigenvalue weighted by Gasteiger charge is 2.20. The highest BCUT2D eigenvalue weighted by molar-refractivity contribution is 7.99. The van der Waals surface area contributed by atoms with Crippen molar-refractivity contribution in [2.45, 2.75) is 9.79 Å². The summed E-state index contributed by atoms with van der Waals surface area (Å²) >= 11 is 1.52. The molecule has 100 valence electrons. The molecule has 3 rings (SSSR count). The molecule has 1 aliphatic rings. The first-order valence-electron chi connectivity index (χ1n) is 6.13. The predicted octanol–water partition coefficient (Wildman–Crippen LogP) is 2.76. The Morgan fingerprint density at radius 1 is 1.15 bits per heavy atom. The number of rotatable bonds is 1. The van der Waals surface area contributed by atoms with Crippen LogP contribution in [0.1, 0.15) is 20.7 Å². The van der Waals surface area contributed by atoms with E-state index in [1.54, 1.807) is 25.2 Å². The average molecular weight is 284 g/mol. The zero-order valence-corrected chi connectivity index (χ0v) is 11.6. The van der Waals surface area contributed by atoms with Gasteiger partial charge in [0.25, 0.3) is 11.8 Å². The van der Waals surface area contributed by atoms with Gasteiger partial charge in [0, 0.05) is 22.4 Å². The van der Waals surface area contributed by atoms with Crippen molar-refractivity contribution in [1.29, 1.82) is 0 Å². The molecule has 1 aliphatic heterocycles. The summed E-state index contributed by atoms with van der Waals surface area (Å²) in [6.07, 6.45) is 0. The van der Waals surface area contributed by atoms with Crippen molar-refractivity contribution < 1.29 is 9.59 Å². The van der Waals surface area contributed by atoms with E-state index in [0.717, 1.165) is 9.79 Å². The van der Waals surface area contributed by atoms with E-state index in [4.69, 9.17) is 0 Å². The molecule has 0 fully saturated rings. The molecule has 1 heterocycles. The lowest BCUT2D eigenvalue weighted by molar-refractivity contribution is 0.0961.